The van der Waals surface area contributed by atoms with E-state index in [1.54, 1.807) is 23.1 Å². The van der Waals surface area contributed by atoms with Crippen molar-refractivity contribution < 1.29 is 38.2 Å². The molecule has 0 aliphatic carbocycles. The third-order valence-corrected chi connectivity index (χ3v) is 16.3. The first-order valence-electron chi connectivity index (χ1n) is 26.5. The standard InChI is InChI=1S/C58H74N8O8/c1-10-64-47-19-18-41-32-43(47)44(51(64)42-16-12-25-59-49(42)38(4)72-9)33-56(5,6)35-74-54(70)45-17-13-26-66(61-45)53(69)46(31-39-14-11-15-40(41)30-39)60-52(68)50(37(2)3)65-28-23-57(55(65)71)22-27-63(34-57)48(67)20-21-58(62(7)8)24-29-73-36-58/h11-12,14-16,18-19,25,30,32,37-38,45-46,50,61H,10,13,17,22-24,26-29,31,33-36H2,1-9H3,(H,60,68)/t38-,45-,46-,50?,57-,58+/m0/s1. The van der Waals surface area contributed by atoms with E-state index < -0.39 is 52.3 Å². The smallest absolute Gasteiger partial charge is 0.324 e. The van der Waals surface area contributed by atoms with Crippen molar-refractivity contribution in [2.75, 3.05) is 67.2 Å². The van der Waals surface area contributed by atoms with Crippen LogP contribution in [0.25, 0.3) is 33.3 Å². The number of aromatic nitrogens is 2. The van der Waals surface area contributed by atoms with Gasteiger partial charge in [-0.15, -0.1) is 0 Å². The van der Waals surface area contributed by atoms with Crippen molar-refractivity contribution in [3.05, 3.63) is 77.6 Å². The molecule has 9 rings (SSSR count). The van der Waals surface area contributed by atoms with Gasteiger partial charge in [0.25, 0.3) is 11.8 Å². The minimum atomic E-state index is -1.06. The van der Waals surface area contributed by atoms with Crippen LogP contribution in [0.2, 0.25) is 0 Å². The predicted octanol–water partition coefficient (Wildman–Crippen LogP) is 5.95. The molecule has 74 heavy (non-hydrogen) atoms. The van der Waals surface area contributed by atoms with Gasteiger partial charge in [0, 0.05) is 87.4 Å². The summed E-state index contributed by atoms with van der Waals surface area (Å²) in [5, 5.41) is 5.67. The molecule has 4 aromatic rings. The normalized spacial score (nSPS) is 25.1. The van der Waals surface area contributed by atoms with E-state index in [-0.39, 0.29) is 43.4 Å². The van der Waals surface area contributed by atoms with Crippen LogP contribution in [0.5, 0.6) is 0 Å². The second kappa shape index (κ2) is 21.2. The van der Waals surface area contributed by atoms with E-state index in [9.17, 15) is 24.0 Å². The number of benzene rings is 2. The summed E-state index contributed by atoms with van der Waals surface area (Å²) in [6.07, 6.45) is 4.95. The number of fused-ring (bicyclic) bond motifs is 6. The molecule has 7 heterocycles. The van der Waals surface area contributed by atoms with Crippen molar-refractivity contribution in [2.24, 2.45) is 16.7 Å². The van der Waals surface area contributed by atoms with Crippen LogP contribution in [-0.2, 0) is 57.6 Å². The number of amides is 4. The van der Waals surface area contributed by atoms with Gasteiger partial charge in [-0.1, -0.05) is 63.9 Å². The first-order valence-corrected chi connectivity index (χ1v) is 26.5. The van der Waals surface area contributed by atoms with E-state index in [0.29, 0.717) is 77.9 Å². The number of hydrogen-bond acceptors (Lipinski definition) is 11. The molecular formula is C58H74N8O8. The van der Waals surface area contributed by atoms with Gasteiger partial charge in [-0.25, -0.2) is 5.43 Å². The molecule has 2 aromatic heterocycles. The van der Waals surface area contributed by atoms with E-state index >= 15 is 0 Å². The first kappa shape index (κ1) is 52.7. The number of rotatable bonds is 9. The van der Waals surface area contributed by atoms with E-state index in [2.05, 4.69) is 84.3 Å². The number of methoxy groups -OCH3 is 1. The molecule has 16 heteroatoms. The van der Waals surface area contributed by atoms with E-state index in [1.807, 2.05) is 58.0 Å². The van der Waals surface area contributed by atoms with Crippen molar-refractivity contribution in [3.63, 3.8) is 0 Å². The molecule has 6 bridgehead atoms. The van der Waals surface area contributed by atoms with Gasteiger partial charge in [-0.3, -0.25) is 38.9 Å². The Bertz CT molecular complexity index is 2870. The van der Waals surface area contributed by atoms with Crippen LogP contribution in [0.3, 0.4) is 0 Å². The van der Waals surface area contributed by atoms with Crippen molar-refractivity contribution >= 4 is 40.5 Å². The third kappa shape index (κ3) is 10.2. The van der Waals surface area contributed by atoms with Crippen LogP contribution in [0, 0.1) is 28.6 Å². The largest absolute Gasteiger partial charge is 0.464 e. The van der Waals surface area contributed by atoms with Crippen molar-refractivity contribution in [1.29, 1.82) is 0 Å². The van der Waals surface area contributed by atoms with Crippen LogP contribution in [0.15, 0.2) is 60.8 Å². The molecule has 16 nitrogen and oxygen atoms in total. The molecule has 2 aromatic carbocycles. The van der Waals surface area contributed by atoms with Gasteiger partial charge in [0.2, 0.25) is 11.8 Å². The SMILES string of the molecule is CCn1c(-c2cccnc2[C@H](C)OC)c2c3cc(ccc31)-c1cccc(c1)C[C@H](NC(=O)C(C(C)C)N1CC[C@]3(CCN(C(=O)C#C[C@@]4(N(C)C)CCOC4)C3)C1=O)C(=O)N1CCC[C@H](N1)C(=O)OCC(C)(C)C2. The number of likely N-dealkylation sites (N-methyl/N-ethyl adjacent to an activating group) is 1. The number of hydrazine groups is 1. The number of pyridine rings is 1. The van der Waals surface area contributed by atoms with Crippen LogP contribution in [0.4, 0.5) is 0 Å². The lowest BCUT2D eigenvalue weighted by Crippen LogP contribution is -2.62. The van der Waals surface area contributed by atoms with Gasteiger partial charge < -0.3 is 33.9 Å². The molecule has 394 valence electrons. The Labute approximate surface area is 435 Å². The van der Waals surface area contributed by atoms with Gasteiger partial charge in [0.05, 0.1) is 36.1 Å². The molecule has 1 unspecified atom stereocenters. The average molecular weight is 1010 g/mol. The molecule has 2 N–H and O–H groups in total. The Balaban J connectivity index is 1.03. The number of carbonyl (C=O) groups is 5. The van der Waals surface area contributed by atoms with Gasteiger partial charge in [0.1, 0.15) is 23.7 Å². The highest BCUT2D eigenvalue weighted by molar-refractivity contribution is 5.98. The lowest BCUT2D eigenvalue weighted by atomic mass is 9.84. The Kier molecular flexibility index (Phi) is 15.1. The maximum Gasteiger partial charge on any atom is 0.324 e. The van der Waals surface area contributed by atoms with Crippen molar-refractivity contribution in [3.8, 4) is 34.2 Å². The third-order valence-electron chi connectivity index (χ3n) is 16.3. The molecule has 4 amide bonds. The molecule has 6 atom stereocenters. The molecule has 5 aliphatic rings. The van der Waals surface area contributed by atoms with Crippen molar-refractivity contribution in [1.82, 2.24) is 40.0 Å². The highest BCUT2D eigenvalue weighted by Crippen LogP contribution is 2.44. The number of nitrogens with zero attached hydrogens (tertiary/aromatic N) is 6. The Hall–Kier alpha value is -6.12. The number of aryl methyl sites for hydroxylation is 1. The molecular weight excluding hydrogens is 937 g/mol. The number of likely N-dealkylation sites (tertiary alicyclic amines) is 2. The Morgan fingerprint density at radius 3 is 2.50 bits per heavy atom. The Morgan fingerprint density at radius 1 is 0.986 bits per heavy atom. The molecule has 1 spiro atoms. The number of cyclic esters (lactones) is 1. The molecule has 0 radical (unpaired) electrons. The summed E-state index contributed by atoms with van der Waals surface area (Å²) >= 11 is 0. The number of esters is 1. The number of ether oxygens (including phenoxy) is 3. The maximum atomic E-state index is 14.9. The summed E-state index contributed by atoms with van der Waals surface area (Å²) in [7, 11) is 5.56. The van der Waals surface area contributed by atoms with E-state index in [1.165, 1.54) is 5.01 Å². The average Bonchev–Trinajstić information content (AvgIpc) is 4.20. The minimum Gasteiger partial charge on any atom is -0.464 e. The number of hydrogen-bond donors (Lipinski definition) is 2. The fraction of sp³-hybridized carbons (Fsp3) is 0.552. The molecule has 4 fully saturated rings. The van der Waals surface area contributed by atoms with Crippen LogP contribution in [-0.4, -0.2) is 150 Å². The fourth-order valence-electron chi connectivity index (χ4n) is 12.0. The fourth-order valence-corrected chi connectivity index (χ4v) is 12.0. The summed E-state index contributed by atoms with van der Waals surface area (Å²) in [5.41, 5.74) is 9.13. The van der Waals surface area contributed by atoms with Crippen LogP contribution < -0.4 is 10.7 Å². The predicted molar refractivity (Wildman–Crippen MR) is 282 cm³/mol. The van der Waals surface area contributed by atoms with Gasteiger partial charge in [-0.05, 0) is 118 Å². The second-order valence-corrected chi connectivity index (χ2v) is 22.5. The first-order chi connectivity index (χ1) is 35.4. The topological polar surface area (TPSA) is 168 Å². The molecule has 0 saturated carbocycles. The summed E-state index contributed by atoms with van der Waals surface area (Å²) in [4.78, 5) is 82.2. The number of carbonyl (C=O) groups excluding carboxylic acids is 5. The zero-order chi connectivity index (χ0) is 52.7. The van der Waals surface area contributed by atoms with Gasteiger partial charge >= 0.3 is 5.97 Å². The monoisotopic (exact) mass is 1010 g/mol. The van der Waals surface area contributed by atoms with Crippen molar-refractivity contribution in [2.45, 2.75) is 123 Å². The van der Waals surface area contributed by atoms with Gasteiger partial charge in [0.15, 0.2) is 0 Å². The zero-order valence-corrected chi connectivity index (χ0v) is 44.7. The maximum absolute atomic E-state index is 14.9. The van der Waals surface area contributed by atoms with E-state index in [0.717, 1.165) is 50.1 Å². The Morgan fingerprint density at radius 2 is 1.77 bits per heavy atom. The summed E-state index contributed by atoms with van der Waals surface area (Å²) in [6.45, 7) is 15.3. The highest BCUT2D eigenvalue weighted by atomic mass is 16.5. The zero-order valence-electron chi connectivity index (χ0n) is 44.7. The quantitative estimate of drug-likeness (QED) is 0.150. The van der Waals surface area contributed by atoms with Crippen LogP contribution >= 0.6 is 0 Å². The van der Waals surface area contributed by atoms with Gasteiger partial charge in [-0.2, -0.15) is 0 Å². The highest BCUT2D eigenvalue weighted by Gasteiger charge is 2.54. The van der Waals surface area contributed by atoms with Crippen LogP contribution in [0.1, 0.15) is 96.6 Å². The molecule has 4 saturated heterocycles. The lowest BCUT2D eigenvalue weighted by Gasteiger charge is -2.37. The summed E-state index contributed by atoms with van der Waals surface area (Å²) in [5.74, 6) is 3.99. The summed E-state index contributed by atoms with van der Waals surface area (Å²) < 4.78 is 20.0. The minimum absolute atomic E-state index is 0.133. The number of nitrogens with one attached hydrogen (secondary N) is 2. The van der Waals surface area contributed by atoms with E-state index in [4.69, 9.17) is 19.2 Å². The molecule has 5 aliphatic heterocycles. The lowest BCUT2D eigenvalue weighted by molar-refractivity contribution is -0.155. The second-order valence-electron chi connectivity index (χ2n) is 22.5. The summed E-state index contributed by atoms with van der Waals surface area (Å²) in [6, 6.07) is 15.9.